The second-order valence-corrected chi connectivity index (χ2v) is 6.74. The Morgan fingerprint density at radius 3 is 2.52 bits per heavy atom. The van der Waals surface area contributed by atoms with Gasteiger partial charge in [-0.3, -0.25) is 9.78 Å². The summed E-state index contributed by atoms with van der Waals surface area (Å²) in [4.78, 5) is 21.0. The van der Waals surface area contributed by atoms with Crippen LogP contribution in [0, 0.1) is 6.92 Å². The van der Waals surface area contributed by atoms with Crippen molar-refractivity contribution >= 4 is 33.1 Å². The van der Waals surface area contributed by atoms with E-state index in [2.05, 4.69) is 21.4 Å². The Morgan fingerprint density at radius 2 is 1.80 bits per heavy atom. The van der Waals surface area contributed by atoms with E-state index in [1.54, 1.807) is 23.6 Å². The fraction of sp³-hybridized carbons (Fsp3) is 0.0500. The van der Waals surface area contributed by atoms with E-state index >= 15 is 0 Å². The van der Waals surface area contributed by atoms with Gasteiger partial charge in [-0.1, -0.05) is 12.1 Å². The first-order valence-corrected chi connectivity index (χ1v) is 8.71. The zero-order chi connectivity index (χ0) is 17.2. The molecule has 0 aliphatic carbocycles. The molecular weight excluding hydrogens is 330 g/mol. The summed E-state index contributed by atoms with van der Waals surface area (Å²) in [6, 6.07) is 19.4. The van der Waals surface area contributed by atoms with Crippen molar-refractivity contribution in [1.29, 1.82) is 0 Å². The Hall–Kier alpha value is -3.05. The molecule has 0 radical (unpaired) electrons. The number of hydrogen-bond acceptors (Lipinski definition) is 4. The molecule has 0 saturated carbocycles. The number of amides is 1. The summed E-state index contributed by atoms with van der Waals surface area (Å²) in [6.45, 7) is 1.89. The average molecular weight is 345 g/mol. The van der Waals surface area contributed by atoms with Gasteiger partial charge in [-0.15, -0.1) is 11.3 Å². The van der Waals surface area contributed by atoms with Gasteiger partial charge in [0.25, 0.3) is 5.91 Å². The van der Waals surface area contributed by atoms with E-state index in [-0.39, 0.29) is 5.91 Å². The Labute approximate surface area is 149 Å². The highest BCUT2D eigenvalue weighted by molar-refractivity contribution is 7.21. The van der Waals surface area contributed by atoms with Gasteiger partial charge in [-0.05, 0) is 55.5 Å². The van der Waals surface area contributed by atoms with Gasteiger partial charge in [-0.25, -0.2) is 4.98 Å². The van der Waals surface area contributed by atoms with Crippen molar-refractivity contribution in [3.63, 3.8) is 0 Å². The van der Waals surface area contributed by atoms with E-state index in [0.717, 1.165) is 27.5 Å². The molecule has 5 heteroatoms. The van der Waals surface area contributed by atoms with E-state index in [9.17, 15) is 4.79 Å². The third kappa shape index (κ3) is 3.27. The maximum Gasteiger partial charge on any atom is 0.257 e. The number of aryl methyl sites for hydroxylation is 1. The smallest absolute Gasteiger partial charge is 0.257 e. The number of pyridine rings is 1. The molecule has 0 atom stereocenters. The highest BCUT2D eigenvalue weighted by atomic mass is 32.1. The van der Waals surface area contributed by atoms with E-state index in [0.29, 0.717) is 5.56 Å². The van der Waals surface area contributed by atoms with Gasteiger partial charge in [0.2, 0.25) is 0 Å². The van der Waals surface area contributed by atoms with Crippen LogP contribution in [0.15, 0.2) is 66.9 Å². The number of anilines is 1. The molecule has 122 valence electrons. The number of nitrogens with zero attached hydrogens (tertiary/aromatic N) is 2. The highest BCUT2D eigenvalue weighted by Crippen LogP contribution is 2.30. The van der Waals surface area contributed by atoms with Crippen LogP contribution in [0.5, 0.6) is 0 Å². The van der Waals surface area contributed by atoms with Crippen LogP contribution in [0.3, 0.4) is 0 Å². The first-order chi connectivity index (χ1) is 12.2. The molecule has 0 fully saturated rings. The van der Waals surface area contributed by atoms with Crippen molar-refractivity contribution in [1.82, 2.24) is 9.97 Å². The lowest BCUT2D eigenvalue weighted by Gasteiger charge is -2.06. The average Bonchev–Trinajstić information content (AvgIpc) is 3.07. The van der Waals surface area contributed by atoms with Crippen molar-refractivity contribution in [3.8, 4) is 10.6 Å². The molecular formula is C20H15N3OS. The summed E-state index contributed by atoms with van der Waals surface area (Å²) in [6.07, 6.45) is 1.58. The minimum absolute atomic E-state index is 0.166. The topological polar surface area (TPSA) is 54.9 Å². The van der Waals surface area contributed by atoms with E-state index < -0.39 is 0 Å². The lowest BCUT2D eigenvalue weighted by atomic mass is 10.2. The molecule has 0 aliphatic heterocycles. The fourth-order valence-corrected chi connectivity index (χ4v) is 3.47. The van der Waals surface area contributed by atoms with Crippen LogP contribution in [0.25, 0.3) is 20.8 Å². The third-order valence-corrected chi connectivity index (χ3v) is 4.94. The quantitative estimate of drug-likeness (QED) is 0.573. The van der Waals surface area contributed by atoms with Gasteiger partial charge >= 0.3 is 0 Å². The molecule has 4 aromatic rings. The van der Waals surface area contributed by atoms with Gasteiger partial charge in [0.05, 0.1) is 15.8 Å². The normalized spacial score (nSPS) is 10.8. The standard InChI is InChI=1S/C20H15N3OS/c1-13-6-7-15(12-21-13)19(24)22-16-10-8-14(9-11-16)20-23-17-4-2-3-5-18(17)25-20/h2-12H,1H3,(H,22,24). The predicted octanol–water partition coefficient (Wildman–Crippen LogP) is 4.92. The maximum atomic E-state index is 12.2. The van der Waals surface area contributed by atoms with Gasteiger partial charge in [0.15, 0.2) is 0 Å². The van der Waals surface area contributed by atoms with Gasteiger partial charge < -0.3 is 5.32 Å². The second kappa shape index (κ2) is 6.45. The molecule has 2 heterocycles. The number of thiazole rings is 1. The number of rotatable bonds is 3. The summed E-state index contributed by atoms with van der Waals surface area (Å²) in [5, 5.41) is 3.86. The van der Waals surface area contributed by atoms with Crippen LogP contribution in [-0.4, -0.2) is 15.9 Å². The molecule has 25 heavy (non-hydrogen) atoms. The monoisotopic (exact) mass is 345 g/mol. The Morgan fingerprint density at radius 1 is 1.00 bits per heavy atom. The van der Waals surface area contributed by atoms with E-state index in [1.165, 1.54) is 4.70 Å². The molecule has 4 nitrogen and oxygen atoms in total. The molecule has 1 amide bonds. The van der Waals surface area contributed by atoms with Crippen molar-refractivity contribution in [3.05, 3.63) is 78.1 Å². The lowest BCUT2D eigenvalue weighted by Crippen LogP contribution is -2.12. The predicted molar refractivity (Wildman–Crippen MR) is 102 cm³/mol. The zero-order valence-electron chi connectivity index (χ0n) is 13.6. The molecule has 0 bridgehead atoms. The maximum absolute atomic E-state index is 12.2. The first kappa shape index (κ1) is 15.5. The number of carbonyl (C=O) groups is 1. The summed E-state index contributed by atoms with van der Waals surface area (Å²) in [7, 11) is 0. The van der Waals surface area contributed by atoms with Crippen molar-refractivity contribution in [2.45, 2.75) is 6.92 Å². The van der Waals surface area contributed by atoms with Crippen molar-refractivity contribution < 1.29 is 4.79 Å². The van der Waals surface area contributed by atoms with Crippen LogP contribution in [0.2, 0.25) is 0 Å². The van der Waals surface area contributed by atoms with Gasteiger partial charge in [-0.2, -0.15) is 0 Å². The molecule has 4 rings (SSSR count). The minimum Gasteiger partial charge on any atom is -0.322 e. The number of hydrogen-bond donors (Lipinski definition) is 1. The number of carbonyl (C=O) groups excluding carboxylic acids is 1. The Bertz CT molecular complexity index is 1000. The Kier molecular flexibility index (Phi) is 3.99. The van der Waals surface area contributed by atoms with Gasteiger partial charge in [0.1, 0.15) is 5.01 Å². The van der Waals surface area contributed by atoms with Crippen LogP contribution in [0.1, 0.15) is 16.1 Å². The van der Waals surface area contributed by atoms with E-state index in [4.69, 9.17) is 0 Å². The molecule has 2 aromatic heterocycles. The minimum atomic E-state index is -0.166. The third-order valence-electron chi connectivity index (χ3n) is 3.86. The Balaban J connectivity index is 1.53. The highest BCUT2D eigenvalue weighted by Gasteiger charge is 2.08. The largest absolute Gasteiger partial charge is 0.322 e. The molecule has 0 spiro atoms. The zero-order valence-corrected chi connectivity index (χ0v) is 14.4. The SMILES string of the molecule is Cc1ccc(C(=O)Nc2ccc(-c3nc4ccccc4s3)cc2)cn1. The van der Waals surface area contributed by atoms with Crippen LogP contribution >= 0.6 is 11.3 Å². The number of benzene rings is 2. The van der Waals surface area contributed by atoms with E-state index in [1.807, 2.05) is 55.5 Å². The second-order valence-electron chi connectivity index (χ2n) is 5.71. The van der Waals surface area contributed by atoms with Gasteiger partial charge in [0, 0.05) is 23.1 Å². The fourth-order valence-electron chi connectivity index (χ4n) is 2.50. The van der Waals surface area contributed by atoms with Crippen LogP contribution in [-0.2, 0) is 0 Å². The summed E-state index contributed by atoms with van der Waals surface area (Å²) in [5.41, 5.74) is 4.22. The summed E-state index contributed by atoms with van der Waals surface area (Å²) >= 11 is 1.66. The number of fused-ring (bicyclic) bond motifs is 1. The number of para-hydroxylation sites is 1. The first-order valence-electron chi connectivity index (χ1n) is 7.89. The van der Waals surface area contributed by atoms with Crippen LogP contribution in [0.4, 0.5) is 5.69 Å². The van der Waals surface area contributed by atoms with Crippen LogP contribution < -0.4 is 5.32 Å². The molecule has 0 unspecified atom stereocenters. The number of aromatic nitrogens is 2. The summed E-state index contributed by atoms with van der Waals surface area (Å²) in [5.74, 6) is -0.166. The molecule has 2 aromatic carbocycles. The number of nitrogens with one attached hydrogen (secondary N) is 1. The van der Waals surface area contributed by atoms with Crippen molar-refractivity contribution in [2.24, 2.45) is 0 Å². The summed E-state index contributed by atoms with van der Waals surface area (Å²) < 4.78 is 1.17. The lowest BCUT2D eigenvalue weighted by molar-refractivity contribution is 0.102. The molecule has 1 N–H and O–H groups in total. The molecule has 0 aliphatic rings. The van der Waals surface area contributed by atoms with Crippen molar-refractivity contribution in [2.75, 3.05) is 5.32 Å². The molecule has 0 saturated heterocycles.